The summed E-state index contributed by atoms with van der Waals surface area (Å²) >= 11 is 0. The van der Waals surface area contributed by atoms with E-state index >= 15 is 0 Å². The number of rotatable bonds is 2. The molecule has 2 rings (SSSR count). The first-order valence-corrected chi connectivity index (χ1v) is 4.76. The minimum absolute atomic E-state index is 0.244. The van der Waals surface area contributed by atoms with Crippen LogP contribution in [0.4, 0.5) is 0 Å². The summed E-state index contributed by atoms with van der Waals surface area (Å²) in [4.78, 5) is 11.4. The molecule has 1 aliphatic carbocycles. The second-order valence-electron chi connectivity index (χ2n) is 3.69. The van der Waals surface area contributed by atoms with Gasteiger partial charge in [0.1, 0.15) is 0 Å². The van der Waals surface area contributed by atoms with Crippen molar-refractivity contribution in [2.75, 3.05) is 7.11 Å². The quantitative estimate of drug-likeness (QED) is 0.668. The van der Waals surface area contributed by atoms with Crippen LogP contribution >= 0.6 is 0 Å². The zero-order valence-corrected chi connectivity index (χ0v) is 8.25. The molecule has 0 atom stereocenters. The minimum atomic E-state index is -0.244. The maximum atomic E-state index is 11.4. The van der Waals surface area contributed by atoms with E-state index in [2.05, 4.69) is 6.92 Å². The molecule has 0 heterocycles. The van der Waals surface area contributed by atoms with Crippen LogP contribution in [0.1, 0.15) is 40.2 Å². The predicted octanol–water partition coefficient (Wildman–Crippen LogP) is 2.53. The fourth-order valence-electron chi connectivity index (χ4n) is 1.64. The Morgan fingerprint density at radius 2 is 2.21 bits per heavy atom. The summed E-state index contributed by atoms with van der Waals surface area (Å²) in [7, 11) is 1.41. The number of carbonyl (C=O) groups is 1. The number of hydrogen-bond donors (Lipinski definition) is 0. The van der Waals surface area contributed by atoms with E-state index in [-0.39, 0.29) is 5.97 Å². The van der Waals surface area contributed by atoms with E-state index in [0.717, 1.165) is 11.1 Å². The summed E-state index contributed by atoms with van der Waals surface area (Å²) in [6.07, 6.45) is 2.35. The Morgan fingerprint density at radius 3 is 2.79 bits per heavy atom. The van der Waals surface area contributed by atoms with Crippen LogP contribution in [0.5, 0.6) is 0 Å². The molecule has 14 heavy (non-hydrogen) atoms. The smallest absolute Gasteiger partial charge is 0.338 e. The zero-order valence-electron chi connectivity index (χ0n) is 8.25. The van der Waals surface area contributed by atoms with E-state index in [4.69, 9.17) is 4.74 Å². The summed E-state index contributed by atoms with van der Waals surface area (Å²) in [5.41, 5.74) is 2.76. The first-order valence-electron chi connectivity index (χ1n) is 4.76. The fourth-order valence-corrected chi connectivity index (χ4v) is 1.64. The third-order valence-corrected chi connectivity index (χ3v) is 2.54. The Balaban J connectivity index is 2.42. The summed E-state index contributed by atoms with van der Waals surface area (Å²) in [5.74, 6) is 0.303. The molecule has 0 saturated heterocycles. The molecule has 73 valence electrons. The Hall–Kier alpha value is -1.31. The molecule has 0 aliphatic heterocycles. The van der Waals surface area contributed by atoms with Gasteiger partial charge in [-0.1, -0.05) is 12.1 Å². The largest absolute Gasteiger partial charge is 0.465 e. The van der Waals surface area contributed by atoms with Crippen molar-refractivity contribution < 1.29 is 9.53 Å². The third-order valence-electron chi connectivity index (χ3n) is 2.54. The standard InChI is InChI=1S/C12H13O2/c1-8-3-6-10(12(13)14-2)11(7-8)9-4-5-9/h3,6-7,9H,1,4-5H2,2H3. The lowest BCUT2D eigenvalue weighted by Crippen LogP contribution is -2.05. The molecule has 1 aromatic rings. The number of methoxy groups -OCH3 is 1. The Bertz CT molecular complexity index is 365. The molecule has 0 amide bonds. The van der Waals surface area contributed by atoms with Gasteiger partial charge in [0, 0.05) is 0 Å². The second-order valence-corrected chi connectivity index (χ2v) is 3.69. The van der Waals surface area contributed by atoms with Crippen LogP contribution in [0.25, 0.3) is 0 Å². The van der Waals surface area contributed by atoms with Gasteiger partial charge in [-0.2, -0.15) is 0 Å². The van der Waals surface area contributed by atoms with Gasteiger partial charge < -0.3 is 4.74 Å². The zero-order chi connectivity index (χ0) is 10.1. The van der Waals surface area contributed by atoms with Crippen LogP contribution in [0.15, 0.2) is 18.2 Å². The fraction of sp³-hybridized carbons (Fsp3) is 0.333. The van der Waals surface area contributed by atoms with Crippen LogP contribution in [0.2, 0.25) is 0 Å². The van der Waals surface area contributed by atoms with Gasteiger partial charge in [0.2, 0.25) is 0 Å². The number of esters is 1. The highest BCUT2D eigenvalue weighted by Crippen LogP contribution is 2.42. The number of carbonyl (C=O) groups excluding carboxylic acids is 1. The van der Waals surface area contributed by atoms with Gasteiger partial charge in [0.05, 0.1) is 12.7 Å². The van der Waals surface area contributed by atoms with Crippen LogP contribution in [-0.4, -0.2) is 13.1 Å². The van der Waals surface area contributed by atoms with E-state index in [9.17, 15) is 4.79 Å². The Kier molecular flexibility index (Phi) is 2.28. The van der Waals surface area contributed by atoms with Crippen LogP contribution in [0, 0.1) is 6.92 Å². The molecule has 0 bridgehead atoms. The highest BCUT2D eigenvalue weighted by atomic mass is 16.5. The van der Waals surface area contributed by atoms with Crippen molar-refractivity contribution in [3.05, 3.63) is 41.8 Å². The molecule has 0 aromatic heterocycles. The lowest BCUT2D eigenvalue weighted by molar-refractivity contribution is 0.0599. The molecule has 1 radical (unpaired) electrons. The molecule has 1 saturated carbocycles. The summed E-state index contributed by atoms with van der Waals surface area (Å²) < 4.78 is 4.74. The summed E-state index contributed by atoms with van der Waals surface area (Å²) in [5, 5.41) is 0. The monoisotopic (exact) mass is 189 g/mol. The topological polar surface area (TPSA) is 26.3 Å². The molecule has 1 fully saturated rings. The number of hydrogen-bond acceptors (Lipinski definition) is 2. The van der Waals surface area contributed by atoms with Crippen molar-refractivity contribution in [3.63, 3.8) is 0 Å². The van der Waals surface area contributed by atoms with Crippen LogP contribution in [0.3, 0.4) is 0 Å². The van der Waals surface area contributed by atoms with Gasteiger partial charge in [-0.3, -0.25) is 0 Å². The third kappa shape index (κ3) is 1.65. The lowest BCUT2D eigenvalue weighted by Gasteiger charge is -2.07. The van der Waals surface area contributed by atoms with Gasteiger partial charge >= 0.3 is 5.97 Å². The second kappa shape index (κ2) is 3.45. The van der Waals surface area contributed by atoms with Crippen molar-refractivity contribution in [2.45, 2.75) is 18.8 Å². The number of benzene rings is 1. The molecule has 0 unspecified atom stereocenters. The molecular weight excluding hydrogens is 176 g/mol. The average molecular weight is 189 g/mol. The SMILES string of the molecule is [CH2]c1ccc(C(=O)OC)c(C2CC2)c1. The molecule has 2 nitrogen and oxygen atoms in total. The first kappa shape index (κ1) is 9.25. The molecule has 2 heteroatoms. The van der Waals surface area contributed by atoms with Gasteiger partial charge in [-0.05, 0) is 42.9 Å². The molecule has 1 aromatic carbocycles. The summed E-state index contributed by atoms with van der Waals surface area (Å²) in [6.45, 7) is 3.87. The molecule has 1 aliphatic rings. The van der Waals surface area contributed by atoms with Crippen molar-refractivity contribution in [1.29, 1.82) is 0 Å². The Morgan fingerprint density at radius 1 is 1.50 bits per heavy atom. The van der Waals surface area contributed by atoms with Crippen molar-refractivity contribution >= 4 is 5.97 Å². The Labute approximate surface area is 83.9 Å². The summed E-state index contributed by atoms with van der Waals surface area (Å²) in [6, 6.07) is 5.64. The van der Waals surface area contributed by atoms with Gasteiger partial charge in [-0.25, -0.2) is 4.79 Å². The first-order chi connectivity index (χ1) is 6.72. The van der Waals surface area contributed by atoms with E-state index < -0.39 is 0 Å². The highest BCUT2D eigenvalue weighted by Gasteiger charge is 2.28. The van der Waals surface area contributed by atoms with E-state index in [1.54, 1.807) is 0 Å². The maximum absolute atomic E-state index is 11.4. The highest BCUT2D eigenvalue weighted by molar-refractivity contribution is 5.91. The lowest BCUT2D eigenvalue weighted by atomic mass is 10.0. The van der Waals surface area contributed by atoms with Gasteiger partial charge in [-0.15, -0.1) is 0 Å². The van der Waals surface area contributed by atoms with Crippen molar-refractivity contribution in [1.82, 2.24) is 0 Å². The average Bonchev–Trinajstić information content (AvgIpc) is 3.00. The van der Waals surface area contributed by atoms with E-state index in [1.807, 2.05) is 18.2 Å². The van der Waals surface area contributed by atoms with Crippen molar-refractivity contribution in [3.8, 4) is 0 Å². The van der Waals surface area contributed by atoms with Gasteiger partial charge in [0.15, 0.2) is 0 Å². The van der Waals surface area contributed by atoms with Crippen molar-refractivity contribution in [2.24, 2.45) is 0 Å². The molecular formula is C12H13O2. The predicted molar refractivity (Wildman–Crippen MR) is 54.2 cm³/mol. The van der Waals surface area contributed by atoms with Crippen LogP contribution < -0.4 is 0 Å². The minimum Gasteiger partial charge on any atom is -0.465 e. The normalized spacial score (nSPS) is 15.3. The van der Waals surface area contributed by atoms with Crippen LogP contribution in [-0.2, 0) is 4.74 Å². The molecule has 0 spiro atoms. The maximum Gasteiger partial charge on any atom is 0.338 e. The molecule has 0 N–H and O–H groups in total. The number of ether oxygens (including phenoxy) is 1. The van der Waals surface area contributed by atoms with E-state index in [0.29, 0.717) is 11.5 Å². The van der Waals surface area contributed by atoms with E-state index in [1.165, 1.54) is 20.0 Å². The van der Waals surface area contributed by atoms with Gasteiger partial charge in [0.25, 0.3) is 0 Å².